The summed E-state index contributed by atoms with van der Waals surface area (Å²) < 4.78 is 10.5. The molecule has 0 fully saturated rings. The summed E-state index contributed by atoms with van der Waals surface area (Å²) in [6.45, 7) is 3.44. The molecule has 0 saturated carbocycles. The van der Waals surface area contributed by atoms with Crippen LogP contribution in [0.1, 0.15) is 25.0 Å². The number of hydrogen-bond acceptors (Lipinski definition) is 4. The first kappa shape index (κ1) is 20.0. The Labute approximate surface area is 159 Å². The van der Waals surface area contributed by atoms with Crippen molar-refractivity contribution in [1.29, 1.82) is 0 Å². The van der Waals surface area contributed by atoms with E-state index < -0.39 is 0 Å². The summed E-state index contributed by atoms with van der Waals surface area (Å²) in [7, 11) is 3.15. The van der Waals surface area contributed by atoms with Crippen molar-refractivity contribution < 1.29 is 19.1 Å². The second-order valence-corrected chi connectivity index (χ2v) is 5.84. The molecule has 0 aliphatic carbocycles. The zero-order valence-corrected chi connectivity index (χ0v) is 16.0. The standard InChI is InChI=1S/C21H24N2O4/c1-5-15-6-8-17(22-14(2)24)13-19(15)23-21(25)11-7-16-12-18(26-3)9-10-20(16)27-4/h6-13H,5H2,1-4H3,(H,22,24)(H,23,25)/b11-7+. The third kappa shape index (κ3) is 5.60. The third-order valence-corrected chi connectivity index (χ3v) is 3.92. The van der Waals surface area contributed by atoms with E-state index in [4.69, 9.17) is 9.47 Å². The molecule has 0 saturated heterocycles. The average molecular weight is 368 g/mol. The van der Waals surface area contributed by atoms with Gasteiger partial charge in [-0.2, -0.15) is 0 Å². The fourth-order valence-corrected chi connectivity index (χ4v) is 2.59. The Kier molecular flexibility index (Phi) is 7.00. The van der Waals surface area contributed by atoms with Gasteiger partial charge in [0.15, 0.2) is 0 Å². The number of ether oxygens (including phenoxy) is 2. The fraction of sp³-hybridized carbons (Fsp3) is 0.238. The number of nitrogens with one attached hydrogen (secondary N) is 2. The quantitative estimate of drug-likeness (QED) is 0.727. The Morgan fingerprint density at radius 2 is 1.81 bits per heavy atom. The van der Waals surface area contributed by atoms with E-state index in [1.807, 2.05) is 19.1 Å². The summed E-state index contributed by atoms with van der Waals surface area (Å²) in [5.41, 5.74) is 3.00. The summed E-state index contributed by atoms with van der Waals surface area (Å²) in [6.07, 6.45) is 3.85. The molecule has 0 spiro atoms. The predicted molar refractivity (Wildman–Crippen MR) is 107 cm³/mol. The van der Waals surface area contributed by atoms with Gasteiger partial charge in [-0.15, -0.1) is 0 Å². The van der Waals surface area contributed by atoms with Gasteiger partial charge in [0.1, 0.15) is 11.5 Å². The molecule has 0 unspecified atom stereocenters. The zero-order valence-electron chi connectivity index (χ0n) is 16.0. The monoisotopic (exact) mass is 368 g/mol. The van der Waals surface area contributed by atoms with Crippen molar-refractivity contribution in [2.75, 3.05) is 24.9 Å². The van der Waals surface area contributed by atoms with E-state index in [1.165, 1.54) is 13.0 Å². The largest absolute Gasteiger partial charge is 0.497 e. The van der Waals surface area contributed by atoms with Gasteiger partial charge in [-0.1, -0.05) is 13.0 Å². The Balaban J connectivity index is 2.20. The van der Waals surface area contributed by atoms with Crippen LogP contribution < -0.4 is 20.1 Å². The normalized spacial score (nSPS) is 10.5. The summed E-state index contributed by atoms with van der Waals surface area (Å²) in [6, 6.07) is 10.8. The summed E-state index contributed by atoms with van der Waals surface area (Å²) in [5, 5.41) is 5.58. The molecule has 0 aliphatic heterocycles. The van der Waals surface area contributed by atoms with Crippen molar-refractivity contribution in [1.82, 2.24) is 0 Å². The van der Waals surface area contributed by atoms with Crippen LogP contribution in [0.5, 0.6) is 11.5 Å². The van der Waals surface area contributed by atoms with Crippen molar-refractivity contribution in [3.8, 4) is 11.5 Å². The van der Waals surface area contributed by atoms with Gasteiger partial charge in [0, 0.05) is 29.9 Å². The number of amides is 2. The van der Waals surface area contributed by atoms with E-state index in [1.54, 1.807) is 44.6 Å². The molecule has 0 radical (unpaired) electrons. The predicted octanol–water partition coefficient (Wildman–Crippen LogP) is 3.88. The van der Waals surface area contributed by atoms with Crippen LogP contribution in [0.15, 0.2) is 42.5 Å². The highest BCUT2D eigenvalue weighted by molar-refractivity contribution is 6.03. The van der Waals surface area contributed by atoms with Gasteiger partial charge >= 0.3 is 0 Å². The molecule has 2 rings (SSSR count). The van der Waals surface area contributed by atoms with Crippen LogP contribution in [0.2, 0.25) is 0 Å². The highest BCUT2D eigenvalue weighted by atomic mass is 16.5. The molecular formula is C21H24N2O4. The minimum atomic E-state index is -0.283. The number of hydrogen-bond donors (Lipinski definition) is 2. The number of methoxy groups -OCH3 is 2. The van der Waals surface area contributed by atoms with E-state index in [9.17, 15) is 9.59 Å². The van der Waals surface area contributed by atoms with Crippen LogP contribution >= 0.6 is 0 Å². The number of aryl methyl sites for hydroxylation is 1. The minimum absolute atomic E-state index is 0.165. The first-order valence-corrected chi connectivity index (χ1v) is 8.58. The van der Waals surface area contributed by atoms with E-state index in [0.29, 0.717) is 22.9 Å². The van der Waals surface area contributed by atoms with Crippen LogP contribution in [0.25, 0.3) is 6.08 Å². The Morgan fingerprint density at radius 3 is 2.44 bits per heavy atom. The maximum atomic E-state index is 12.4. The van der Waals surface area contributed by atoms with Crippen molar-refractivity contribution in [2.24, 2.45) is 0 Å². The molecule has 2 amide bonds. The van der Waals surface area contributed by atoms with Crippen LogP contribution in [0, 0.1) is 0 Å². The average Bonchev–Trinajstić information content (AvgIpc) is 2.65. The van der Waals surface area contributed by atoms with Crippen molar-refractivity contribution in [3.05, 3.63) is 53.6 Å². The smallest absolute Gasteiger partial charge is 0.248 e. The SMILES string of the molecule is CCc1ccc(NC(C)=O)cc1NC(=O)/C=C/c1cc(OC)ccc1OC. The molecule has 0 aliphatic rings. The molecule has 2 aromatic rings. The highest BCUT2D eigenvalue weighted by Gasteiger charge is 2.07. The molecule has 27 heavy (non-hydrogen) atoms. The first-order valence-electron chi connectivity index (χ1n) is 8.58. The minimum Gasteiger partial charge on any atom is -0.497 e. The van der Waals surface area contributed by atoms with Gasteiger partial charge in [0.05, 0.1) is 14.2 Å². The molecule has 0 heterocycles. The summed E-state index contributed by atoms with van der Waals surface area (Å²) in [5.74, 6) is 0.866. The van der Waals surface area contributed by atoms with Gasteiger partial charge in [-0.05, 0) is 48.4 Å². The lowest BCUT2D eigenvalue weighted by atomic mass is 10.1. The third-order valence-electron chi connectivity index (χ3n) is 3.92. The molecule has 0 aromatic heterocycles. The summed E-state index contributed by atoms with van der Waals surface area (Å²) >= 11 is 0. The van der Waals surface area contributed by atoms with Gasteiger partial charge in [0.25, 0.3) is 0 Å². The molecule has 0 atom stereocenters. The lowest BCUT2D eigenvalue weighted by molar-refractivity contribution is -0.114. The first-order chi connectivity index (χ1) is 13.0. The van der Waals surface area contributed by atoms with Crippen molar-refractivity contribution in [3.63, 3.8) is 0 Å². The second-order valence-electron chi connectivity index (χ2n) is 5.84. The van der Waals surface area contributed by atoms with Crippen LogP contribution in [-0.2, 0) is 16.0 Å². The van der Waals surface area contributed by atoms with Gasteiger partial charge in [-0.3, -0.25) is 9.59 Å². The number of rotatable bonds is 7. The van der Waals surface area contributed by atoms with Gasteiger partial charge < -0.3 is 20.1 Å². The van der Waals surface area contributed by atoms with E-state index in [2.05, 4.69) is 10.6 Å². The van der Waals surface area contributed by atoms with E-state index in [0.717, 1.165) is 17.5 Å². The number of anilines is 2. The molecule has 142 valence electrons. The maximum absolute atomic E-state index is 12.4. The van der Waals surface area contributed by atoms with Crippen molar-refractivity contribution >= 4 is 29.3 Å². The molecule has 0 bridgehead atoms. The van der Waals surface area contributed by atoms with Crippen LogP contribution in [-0.4, -0.2) is 26.0 Å². The lowest BCUT2D eigenvalue weighted by Gasteiger charge is -2.11. The van der Waals surface area contributed by atoms with Gasteiger partial charge in [0.2, 0.25) is 11.8 Å². The highest BCUT2D eigenvalue weighted by Crippen LogP contribution is 2.25. The molecule has 6 nitrogen and oxygen atoms in total. The van der Waals surface area contributed by atoms with Gasteiger partial charge in [-0.25, -0.2) is 0 Å². The zero-order chi connectivity index (χ0) is 19.8. The lowest BCUT2D eigenvalue weighted by Crippen LogP contribution is -2.11. The Morgan fingerprint density at radius 1 is 1.04 bits per heavy atom. The topological polar surface area (TPSA) is 76.7 Å². The molecule has 6 heteroatoms. The maximum Gasteiger partial charge on any atom is 0.248 e. The summed E-state index contributed by atoms with van der Waals surface area (Å²) in [4.78, 5) is 23.6. The molecular weight excluding hydrogens is 344 g/mol. The molecule has 2 aromatic carbocycles. The Hall–Kier alpha value is -3.28. The second kappa shape index (κ2) is 9.43. The molecule has 2 N–H and O–H groups in total. The Bertz CT molecular complexity index is 859. The van der Waals surface area contributed by atoms with Crippen LogP contribution in [0.4, 0.5) is 11.4 Å². The van der Waals surface area contributed by atoms with E-state index in [-0.39, 0.29) is 11.8 Å². The van der Waals surface area contributed by atoms with Crippen LogP contribution in [0.3, 0.4) is 0 Å². The number of carbonyl (C=O) groups excluding carboxylic acids is 2. The fourth-order valence-electron chi connectivity index (χ4n) is 2.59. The van der Waals surface area contributed by atoms with E-state index >= 15 is 0 Å². The number of benzene rings is 2. The number of carbonyl (C=O) groups is 2. The van der Waals surface area contributed by atoms with Crippen molar-refractivity contribution in [2.45, 2.75) is 20.3 Å².